The van der Waals surface area contributed by atoms with Crippen molar-refractivity contribution >= 4 is 5.97 Å². The van der Waals surface area contributed by atoms with Gasteiger partial charge in [0.05, 0.1) is 18.2 Å². The first-order valence-electron chi connectivity index (χ1n) is 5.00. The van der Waals surface area contributed by atoms with Crippen molar-refractivity contribution in [3.05, 3.63) is 34.9 Å². The first-order valence-corrected chi connectivity index (χ1v) is 5.00. The SMILES string of the molecule is CCOC(=O)C(C#N)c1cc(F)c(C#N)cc1F. The van der Waals surface area contributed by atoms with Crippen molar-refractivity contribution < 1.29 is 18.3 Å². The molecule has 0 spiro atoms. The maximum Gasteiger partial charge on any atom is 0.328 e. The van der Waals surface area contributed by atoms with E-state index in [0.717, 1.165) is 0 Å². The summed E-state index contributed by atoms with van der Waals surface area (Å²) in [5.74, 6) is -4.48. The summed E-state index contributed by atoms with van der Waals surface area (Å²) in [5, 5.41) is 17.3. The predicted molar refractivity (Wildman–Crippen MR) is 56.1 cm³/mol. The zero-order valence-electron chi connectivity index (χ0n) is 9.41. The molecule has 0 aliphatic heterocycles. The van der Waals surface area contributed by atoms with Gasteiger partial charge in [-0.25, -0.2) is 8.78 Å². The van der Waals surface area contributed by atoms with Gasteiger partial charge in [-0.15, -0.1) is 0 Å². The van der Waals surface area contributed by atoms with E-state index >= 15 is 0 Å². The molecule has 0 saturated heterocycles. The standard InChI is InChI=1S/C12H8F2N2O2/c1-2-18-12(17)9(6-16)8-4-10(13)7(5-15)3-11(8)14/h3-4,9H,2H2,1H3. The molecule has 0 fully saturated rings. The third kappa shape index (κ3) is 2.61. The van der Waals surface area contributed by atoms with Gasteiger partial charge in [0.15, 0.2) is 5.92 Å². The van der Waals surface area contributed by atoms with E-state index in [4.69, 9.17) is 10.5 Å². The lowest BCUT2D eigenvalue weighted by Gasteiger charge is -2.10. The summed E-state index contributed by atoms with van der Waals surface area (Å²) in [4.78, 5) is 11.4. The van der Waals surface area contributed by atoms with Gasteiger partial charge in [0.25, 0.3) is 0 Å². The minimum absolute atomic E-state index is 0.0252. The number of esters is 1. The third-order valence-electron chi connectivity index (χ3n) is 2.17. The van der Waals surface area contributed by atoms with E-state index in [1.165, 1.54) is 13.0 Å². The Balaban J connectivity index is 3.24. The number of carbonyl (C=O) groups excluding carboxylic acids is 1. The second-order valence-corrected chi connectivity index (χ2v) is 3.28. The number of carbonyl (C=O) groups is 1. The molecule has 6 heteroatoms. The molecule has 1 rings (SSSR count). The van der Waals surface area contributed by atoms with Crippen LogP contribution >= 0.6 is 0 Å². The maximum absolute atomic E-state index is 13.6. The van der Waals surface area contributed by atoms with E-state index in [0.29, 0.717) is 12.1 Å². The number of ether oxygens (including phenoxy) is 1. The fourth-order valence-electron chi connectivity index (χ4n) is 1.34. The molecule has 0 aliphatic rings. The second kappa shape index (κ2) is 5.74. The van der Waals surface area contributed by atoms with Crippen molar-refractivity contribution in [2.24, 2.45) is 0 Å². The zero-order valence-corrected chi connectivity index (χ0v) is 9.41. The van der Waals surface area contributed by atoms with Crippen LogP contribution in [0.25, 0.3) is 0 Å². The summed E-state index contributed by atoms with van der Waals surface area (Å²) in [6, 6.07) is 4.32. The van der Waals surface area contributed by atoms with Crippen LogP contribution in [0.15, 0.2) is 12.1 Å². The number of hydrogen-bond acceptors (Lipinski definition) is 4. The largest absolute Gasteiger partial charge is 0.465 e. The highest BCUT2D eigenvalue weighted by molar-refractivity contribution is 5.81. The molecule has 0 saturated carbocycles. The molecular weight excluding hydrogens is 242 g/mol. The Bertz CT molecular complexity index is 558. The lowest BCUT2D eigenvalue weighted by molar-refractivity contribution is -0.143. The average molecular weight is 250 g/mol. The van der Waals surface area contributed by atoms with Crippen LogP contribution in [0.4, 0.5) is 8.78 Å². The molecule has 1 atom stereocenters. The summed E-state index contributed by atoms with van der Waals surface area (Å²) in [5.41, 5.74) is -0.927. The topological polar surface area (TPSA) is 73.9 Å². The Hall–Kier alpha value is -2.47. The van der Waals surface area contributed by atoms with E-state index in [2.05, 4.69) is 4.74 Å². The molecule has 0 aliphatic carbocycles. The Labute approximate surface area is 102 Å². The number of nitriles is 2. The van der Waals surface area contributed by atoms with E-state index < -0.39 is 34.6 Å². The van der Waals surface area contributed by atoms with Crippen LogP contribution in [-0.2, 0) is 9.53 Å². The molecule has 92 valence electrons. The first-order chi connectivity index (χ1) is 8.54. The molecule has 0 radical (unpaired) electrons. The highest BCUT2D eigenvalue weighted by atomic mass is 19.1. The number of rotatable bonds is 3. The molecule has 1 aromatic rings. The Kier molecular flexibility index (Phi) is 4.33. The van der Waals surface area contributed by atoms with Crippen LogP contribution in [0, 0.1) is 34.3 Å². The van der Waals surface area contributed by atoms with Gasteiger partial charge in [0, 0.05) is 5.56 Å². The van der Waals surface area contributed by atoms with Crippen LogP contribution in [0.3, 0.4) is 0 Å². The fourth-order valence-corrected chi connectivity index (χ4v) is 1.34. The van der Waals surface area contributed by atoms with Gasteiger partial charge in [-0.2, -0.15) is 10.5 Å². The molecule has 0 aromatic heterocycles. The van der Waals surface area contributed by atoms with Crippen LogP contribution in [0.2, 0.25) is 0 Å². The van der Waals surface area contributed by atoms with Crippen molar-refractivity contribution in [1.82, 2.24) is 0 Å². The molecule has 4 nitrogen and oxygen atoms in total. The lowest BCUT2D eigenvalue weighted by Crippen LogP contribution is -2.16. The summed E-state index contributed by atoms with van der Waals surface area (Å²) in [6.07, 6.45) is 0. The Morgan fingerprint density at radius 1 is 1.39 bits per heavy atom. The van der Waals surface area contributed by atoms with Gasteiger partial charge in [0.1, 0.15) is 17.7 Å². The smallest absolute Gasteiger partial charge is 0.328 e. The summed E-state index contributed by atoms with van der Waals surface area (Å²) in [7, 11) is 0. The Morgan fingerprint density at radius 2 is 2.06 bits per heavy atom. The second-order valence-electron chi connectivity index (χ2n) is 3.28. The van der Waals surface area contributed by atoms with E-state index in [-0.39, 0.29) is 6.61 Å². The fraction of sp³-hybridized carbons (Fsp3) is 0.250. The number of nitrogens with zero attached hydrogens (tertiary/aromatic N) is 2. The minimum atomic E-state index is -1.55. The monoisotopic (exact) mass is 250 g/mol. The molecule has 18 heavy (non-hydrogen) atoms. The van der Waals surface area contributed by atoms with E-state index in [1.54, 1.807) is 6.07 Å². The van der Waals surface area contributed by atoms with Crippen LogP contribution in [-0.4, -0.2) is 12.6 Å². The molecule has 0 bridgehead atoms. The molecule has 1 unspecified atom stereocenters. The average Bonchev–Trinajstić information content (AvgIpc) is 2.34. The number of hydrogen-bond donors (Lipinski definition) is 0. The van der Waals surface area contributed by atoms with Crippen molar-refractivity contribution in [3.63, 3.8) is 0 Å². The van der Waals surface area contributed by atoms with Gasteiger partial charge in [-0.1, -0.05) is 0 Å². The zero-order chi connectivity index (χ0) is 13.7. The van der Waals surface area contributed by atoms with Gasteiger partial charge in [0.2, 0.25) is 0 Å². The summed E-state index contributed by atoms with van der Waals surface area (Å²) >= 11 is 0. The predicted octanol–water partition coefficient (Wildman–Crippen LogP) is 2.01. The maximum atomic E-state index is 13.6. The quantitative estimate of drug-likeness (QED) is 0.769. The highest BCUT2D eigenvalue weighted by Crippen LogP contribution is 2.23. The van der Waals surface area contributed by atoms with Gasteiger partial charge in [-0.3, -0.25) is 4.79 Å². The van der Waals surface area contributed by atoms with E-state index in [1.807, 2.05) is 0 Å². The molecule has 0 amide bonds. The van der Waals surface area contributed by atoms with Crippen molar-refractivity contribution in [2.45, 2.75) is 12.8 Å². The van der Waals surface area contributed by atoms with E-state index in [9.17, 15) is 13.6 Å². The highest BCUT2D eigenvalue weighted by Gasteiger charge is 2.26. The summed E-state index contributed by atoms with van der Waals surface area (Å²) in [6.45, 7) is 1.56. The van der Waals surface area contributed by atoms with Gasteiger partial charge >= 0.3 is 5.97 Å². The molecule has 0 heterocycles. The van der Waals surface area contributed by atoms with Gasteiger partial charge in [-0.05, 0) is 19.1 Å². The van der Waals surface area contributed by atoms with Crippen molar-refractivity contribution in [2.75, 3.05) is 6.61 Å². The number of benzene rings is 1. The molecule has 0 N–H and O–H groups in total. The molecule has 1 aromatic carbocycles. The molecular formula is C12H8F2N2O2. The third-order valence-corrected chi connectivity index (χ3v) is 2.17. The normalized spacial score (nSPS) is 11.2. The van der Waals surface area contributed by atoms with Crippen LogP contribution in [0.1, 0.15) is 24.0 Å². The van der Waals surface area contributed by atoms with Crippen LogP contribution in [0.5, 0.6) is 0 Å². The minimum Gasteiger partial charge on any atom is -0.465 e. The first kappa shape index (κ1) is 13.6. The Morgan fingerprint density at radius 3 is 2.56 bits per heavy atom. The van der Waals surface area contributed by atoms with Crippen molar-refractivity contribution in [1.29, 1.82) is 10.5 Å². The van der Waals surface area contributed by atoms with Crippen LogP contribution < -0.4 is 0 Å². The lowest BCUT2D eigenvalue weighted by atomic mass is 9.98. The van der Waals surface area contributed by atoms with Gasteiger partial charge < -0.3 is 4.74 Å². The van der Waals surface area contributed by atoms with Crippen molar-refractivity contribution in [3.8, 4) is 12.1 Å². The number of halogens is 2. The summed E-state index contributed by atoms with van der Waals surface area (Å²) < 4.78 is 31.5.